The van der Waals surface area contributed by atoms with Crippen molar-refractivity contribution in [2.75, 3.05) is 25.5 Å². The number of hydrogen-bond donors (Lipinski definition) is 1. The van der Waals surface area contributed by atoms with Gasteiger partial charge in [-0.2, -0.15) is 0 Å². The number of nitrogens with two attached hydrogens (primary N) is 1. The van der Waals surface area contributed by atoms with E-state index < -0.39 is 0 Å². The van der Waals surface area contributed by atoms with E-state index in [0.29, 0.717) is 6.04 Å². The minimum Gasteiger partial charge on any atom is -0.398 e. The highest BCUT2D eigenvalue weighted by atomic mass is 16.5. The Morgan fingerprint density at radius 2 is 2.00 bits per heavy atom. The molecular formula is C16H20N2O. The zero-order chi connectivity index (χ0) is 13.2. The highest BCUT2D eigenvalue weighted by molar-refractivity contribution is 5.86. The van der Waals surface area contributed by atoms with Gasteiger partial charge in [0.1, 0.15) is 0 Å². The molecule has 2 N–H and O–H groups in total. The standard InChI is InChI=1S/C16H20N2O/c1-12-11-19-7-6-18(12)10-15-8-13-4-2-3-5-14(13)9-16(15)17/h2-5,8-9,12H,6-7,10-11,17H2,1H3. The van der Waals surface area contributed by atoms with Crippen molar-refractivity contribution in [3.8, 4) is 0 Å². The zero-order valence-corrected chi connectivity index (χ0v) is 11.3. The molecule has 3 heteroatoms. The zero-order valence-electron chi connectivity index (χ0n) is 11.3. The molecule has 2 aromatic carbocycles. The van der Waals surface area contributed by atoms with Crippen LogP contribution in [0.1, 0.15) is 12.5 Å². The van der Waals surface area contributed by atoms with Crippen molar-refractivity contribution < 1.29 is 4.74 Å². The summed E-state index contributed by atoms with van der Waals surface area (Å²) in [5.41, 5.74) is 8.29. The summed E-state index contributed by atoms with van der Waals surface area (Å²) in [5, 5.41) is 2.46. The van der Waals surface area contributed by atoms with Gasteiger partial charge < -0.3 is 10.5 Å². The van der Waals surface area contributed by atoms with Crippen LogP contribution in [0.3, 0.4) is 0 Å². The summed E-state index contributed by atoms with van der Waals surface area (Å²) in [6.07, 6.45) is 0. The van der Waals surface area contributed by atoms with Crippen molar-refractivity contribution >= 4 is 16.5 Å². The molecule has 100 valence electrons. The van der Waals surface area contributed by atoms with Crippen molar-refractivity contribution in [1.82, 2.24) is 4.90 Å². The summed E-state index contributed by atoms with van der Waals surface area (Å²) in [7, 11) is 0. The van der Waals surface area contributed by atoms with Gasteiger partial charge >= 0.3 is 0 Å². The third kappa shape index (κ3) is 2.57. The molecule has 3 rings (SSSR count). The van der Waals surface area contributed by atoms with Gasteiger partial charge in [0.05, 0.1) is 13.2 Å². The molecule has 1 unspecified atom stereocenters. The summed E-state index contributed by atoms with van der Waals surface area (Å²) in [6, 6.07) is 13.1. The molecule has 1 heterocycles. The van der Waals surface area contributed by atoms with Gasteiger partial charge in [-0.15, -0.1) is 0 Å². The Balaban J connectivity index is 1.89. The molecule has 2 aromatic rings. The predicted octanol–water partition coefficient (Wildman–Crippen LogP) is 2.64. The molecule has 0 bridgehead atoms. The van der Waals surface area contributed by atoms with E-state index in [0.717, 1.165) is 32.0 Å². The maximum atomic E-state index is 6.19. The first-order valence-electron chi connectivity index (χ1n) is 6.83. The lowest BCUT2D eigenvalue weighted by Crippen LogP contribution is -2.43. The van der Waals surface area contributed by atoms with E-state index in [1.807, 2.05) is 6.07 Å². The van der Waals surface area contributed by atoms with Gasteiger partial charge in [-0.05, 0) is 35.4 Å². The van der Waals surface area contributed by atoms with Crippen LogP contribution in [-0.4, -0.2) is 30.7 Å². The van der Waals surface area contributed by atoms with Gasteiger partial charge in [0.2, 0.25) is 0 Å². The summed E-state index contributed by atoms with van der Waals surface area (Å²) in [6.45, 7) is 5.72. The molecule has 0 amide bonds. The number of anilines is 1. The second-order valence-electron chi connectivity index (χ2n) is 5.29. The topological polar surface area (TPSA) is 38.5 Å². The maximum Gasteiger partial charge on any atom is 0.0619 e. The molecule has 1 saturated heterocycles. The van der Waals surface area contributed by atoms with Gasteiger partial charge in [0, 0.05) is 24.8 Å². The van der Waals surface area contributed by atoms with Crippen LogP contribution in [-0.2, 0) is 11.3 Å². The summed E-state index contributed by atoms with van der Waals surface area (Å²) >= 11 is 0. The average molecular weight is 256 g/mol. The maximum absolute atomic E-state index is 6.19. The predicted molar refractivity (Wildman–Crippen MR) is 79.1 cm³/mol. The van der Waals surface area contributed by atoms with Gasteiger partial charge in [-0.1, -0.05) is 24.3 Å². The first kappa shape index (κ1) is 12.5. The highest BCUT2D eigenvalue weighted by Gasteiger charge is 2.19. The van der Waals surface area contributed by atoms with E-state index in [1.165, 1.54) is 16.3 Å². The van der Waals surface area contributed by atoms with Crippen molar-refractivity contribution in [1.29, 1.82) is 0 Å². The number of rotatable bonds is 2. The summed E-state index contributed by atoms with van der Waals surface area (Å²) < 4.78 is 5.48. The number of benzene rings is 2. The number of morpholine rings is 1. The Labute approximate surface area is 114 Å². The van der Waals surface area contributed by atoms with E-state index in [-0.39, 0.29) is 0 Å². The fraction of sp³-hybridized carbons (Fsp3) is 0.375. The quantitative estimate of drug-likeness (QED) is 0.839. The molecular weight excluding hydrogens is 236 g/mol. The molecule has 1 atom stereocenters. The fourth-order valence-electron chi connectivity index (χ4n) is 2.66. The van der Waals surface area contributed by atoms with E-state index in [4.69, 9.17) is 10.5 Å². The van der Waals surface area contributed by atoms with Gasteiger partial charge in [-0.25, -0.2) is 0 Å². The van der Waals surface area contributed by atoms with Crippen LogP contribution in [0.5, 0.6) is 0 Å². The van der Waals surface area contributed by atoms with E-state index in [1.54, 1.807) is 0 Å². The second-order valence-corrected chi connectivity index (χ2v) is 5.29. The number of ether oxygens (including phenoxy) is 1. The Morgan fingerprint density at radius 3 is 2.74 bits per heavy atom. The molecule has 19 heavy (non-hydrogen) atoms. The second kappa shape index (κ2) is 5.19. The normalized spacial score (nSPS) is 20.8. The van der Waals surface area contributed by atoms with Crippen LogP contribution in [0.4, 0.5) is 5.69 Å². The third-order valence-corrected chi connectivity index (χ3v) is 3.89. The molecule has 1 aliphatic rings. The molecule has 0 radical (unpaired) electrons. The fourth-order valence-corrected chi connectivity index (χ4v) is 2.66. The lowest BCUT2D eigenvalue weighted by molar-refractivity contribution is -0.00426. The lowest BCUT2D eigenvalue weighted by Gasteiger charge is -2.33. The SMILES string of the molecule is CC1COCCN1Cc1cc2ccccc2cc1N. The first-order valence-corrected chi connectivity index (χ1v) is 6.83. The highest BCUT2D eigenvalue weighted by Crippen LogP contribution is 2.24. The van der Waals surface area contributed by atoms with Crippen LogP contribution >= 0.6 is 0 Å². The van der Waals surface area contributed by atoms with E-state index in [9.17, 15) is 0 Å². The Hall–Kier alpha value is -1.58. The number of nitrogens with zero attached hydrogens (tertiary/aromatic N) is 1. The minimum atomic E-state index is 0.458. The molecule has 1 aliphatic heterocycles. The van der Waals surface area contributed by atoms with Crippen molar-refractivity contribution in [2.45, 2.75) is 19.5 Å². The van der Waals surface area contributed by atoms with Crippen LogP contribution in [0.25, 0.3) is 10.8 Å². The summed E-state index contributed by atoms with van der Waals surface area (Å²) in [4.78, 5) is 2.43. The number of fused-ring (bicyclic) bond motifs is 1. The van der Waals surface area contributed by atoms with Crippen molar-refractivity contribution in [2.24, 2.45) is 0 Å². The average Bonchev–Trinajstić information content (AvgIpc) is 2.42. The first-order chi connectivity index (χ1) is 9.24. The Bertz CT molecular complexity index is 582. The van der Waals surface area contributed by atoms with Crippen molar-refractivity contribution in [3.63, 3.8) is 0 Å². The Kier molecular flexibility index (Phi) is 3.40. The van der Waals surface area contributed by atoms with Crippen molar-refractivity contribution in [3.05, 3.63) is 42.0 Å². The van der Waals surface area contributed by atoms with Gasteiger partial charge in [0.15, 0.2) is 0 Å². The molecule has 3 nitrogen and oxygen atoms in total. The Morgan fingerprint density at radius 1 is 1.26 bits per heavy atom. The molecule has 0 aromatic heterocycles. The van der Waals surface area contributed by atoms with Gasteiger partial charge in [0.25, 0.3) is 0 Å². The third-order valence-electron chi connectivity index (χ3n) is 3.89. The van der Waals surface area contributed by atoms with E-state index in [2.05, 4.69) is 42.2 Å². The van der Waals surface area contributed by atoms with Gasteiger partial charge in [-0.3, -0.25) is 4.90 Å². The minimum absolute atomic E-state index is 0.458. The largest absolute Gasteiger partial charge is 0.398 e. The lowest BCUT2D eigenvalue weighted by atomic mass is 10.0. The van der Waals surface area contributed by atoms with Crippen LogP contribution in [0.15, 0.2) is 36.4 Å². The monoisotopic (exact) mass is 256 g/mol. The molecule has 0 spiro atoms. The van der Waals surface area contributed by atoms with Crippen LogP contribution in [0.2, 0.25) is 0 Å². The molecule has 0 aliphatic carbocycles. The molecule has 1 fully saturated rings. The molecule has 0 saturated carbocycles. The number of nitrogen functional groups attached to an aromatic ring is 1. The number of hydrogen-bond acceptors (Lipinski definition) is 3. The smallest absolute Gasteiger partial charge is 0.0619 e. The van der Waals surface area contributed by atoms with Crippen LogP contribution < -0.4 is 5.73 Å². The summed E-state index contributed by atoms with van der Waals surface area (Å²) in [5.74, 6) is 0. The van der Waals surface area contributed by atoms with E-state index >= 15 is 0 Å². The van der Waals surface area contributed by atoms with Crippen LogP contribution in [0, 0.1) is 0 Å².